The maximum Gasteiger partial charge on any atom is 0.165 e. The number of anilines is 1. The summed E-state index contributed by atoms with van der Waals surface area (Å²) >= 11 is 3.55. The Kier molecular flexibility index (Phi) is 4.42. The van der Waals surface area contributed by atoms with Gasteiger partial charge in [0.1, 0.15) is 5.82 Å². The first kappa shape index (κ1) is 15.0. The molecule has 0 aliphatic heterocycles. The first-order valence-electron chi connectivity index (χ1n) is 6.74. The highest BCUT2D eigenvalue weighted by Gasteiger charge is 2.17. The number of rotatable bonds is 4. The third-order valence-corrected chi connectivity index (χ3v) is 4.24. The minimum absolute atomic E-state index is 0.729. The quantitative estimate of drug-likeness (QED) is 0.928. The molecule has 20 heavy (non-hydrogen) atoms. The highest BCUT2D eigenvalue weighted by Crippen LogP contribution is 2.29. The van der Waals surface area contributed by atoms with E-state index in [0.29, 0.717) is 0 Å². The molecule has 0 spiro atoms. The van der Waals surface area contributed by atoms with Gasteiger partial charge in [-0.3, -0.25) is 4.68 Å². The van der Waals surface area contributed by atoms with Crippen molar-refractivity contribution in [1.29, 1.82) is 0 Å². The molecule has 0 fully saturated rings. The maximum absolute atomic E-state index is 4.65. The van der Waals surface area contributed by atoms with Crippen LogP contribution in [0.25, 0.3) is 11.4 Å². The highest BCUT2D eigenvalue weighted by atomic mass is 79.9. The van der Waals surface area contributed by atoms with Crippen molar-refractivity contribution in [2.45, 2.75) is 34.1 Å². The molecule has 0 unspecified atom stereocenters. The Labute approximate surface area is 128 Å². The molecule has 108 valence electrons. The Bertz CT molecular complexity index is 633. The van der Waals surface area contributed by atoms with Crippen molar-refractivity contribution in [3.8, 4) is 11.4 Å². The summed E-state index contributed by atoms with van der Waals surface area (Å²) in [5, 5.41) is 7.77. The second kappa shape index (κ2) is 5.91. The van der Waals surface area contributed by atoms with E-state index in [1.807, 2.05) is 32.5 Å². The van der Waals surface area contributed by atoms with Crippen LogP contribution in [0.15, 0.2) is 4.47 Å². The number of aryl methyl sites for hydroxylation is 3. The van der Waals surface area contributed by atoms with Crippen LogP contribution in [0.2, 0.25) is 0 Å². The van der Waals surface area contributed by atoms with Crippen molar-refractivity contribution < 1.29 is 0 Å². The molecule has 2 rings (SSSR count). The van der Waals surface area contributed by atoms with Crippen molar-refractivity contribution in [2.75, 3.05) is 11.9 Å². The molecule has 1 N–H and O–H groups in total. The van der Waals surface area contributed by atoms with E-state index in [4.69, 9.17) is 0 Å². The number of aromatic nitrogens is 4. The molecule has 2 aromatic heterocycles. The second-order valence-electron chi connectivity index (χ2n) is 4.89. The van der Waals surface area contributed by atoms with Crippen LogP contribution in [0.4, 0.5) is 5.82 Å². The molecule has 5 nitrogen and oxygen atoms in total. The summed E-state index contributed by atoms with van der Waals surface area (Å²) in [5.41, 5.74) is 3.97. The molecule has 0 amide bonds. The lowest BCUT2D eigenvalue weighted by atomic mass is 10.2. The minimum atomic E-state index is 0.729. The Morgan fingerprint density at radius 2 is 1.85 bits per heavy atom. The maximum atomic E-state index is 4.65. The fourth-order valence-corrected chi connectivity index (χ4v) is 2.45. The third kappa shape index (κ3) is 2.70. The zero-order valence-electron chi connectivity index (χ0n) is 12.6. The molecule has 0 aliphatic rings. The lowest BCUT2D eigenvalue weighted by molar-refractivity contribution is 0.731. The van der Waals surface area contributed by atoms with Crippen molar-refractivity contribution in [1.82, 2.24) is 19.7 Å². The summed E-state index contributed by atoms with van der Waals surface area (Å²) in [5.74, 6) is 1.57. The predicted molar refractivity (Wildman–Crippen MR) is 84.9 cm³/mol. The van der Waals surface area contributed by atoms with Gasteiger partial charge >= 0.3 is 0 Å². The van der Waals surface area contributed by atoms with Gasteiger partial charge in [0, 0.05) is 19.3 Å². The zero-order valence-corrected chi connectivity index (χ0v) is 14.2. The van der Waals surface area contributed by atoms with Crippen molar-refractivity contribution in [3.05, 3.63) is 21.6 Å². The van der Waals surface area contributed by atoms with Crippen molar-refractivity contribution in [2.24, 2.45) is 7.05 Å². The number of nitrogens with zero attached hydrogens (tertiary/aromatic N) is 4. The van der Waals surface area contributed by atoms with E-state index in [0.717, 1.165) is 51.7 Å². The van der Waals surface area contributed by atoms with Gasteiger partial charge in [0.2, 0.25) is 0 Å². The molecule has 0 aromatic carbocycles. The van der Waals surface area contributed by atoms with E-state index >= 15 is 0 Å². The number of hydrogen-bond acceptors (Lipinski definition) is 4. The highest BCUT2D eigenvalue weighted by molar-refractivity contribution is 9.10. The molecular weight excluding hydrogens is 318 g/mol. The zero-order chi connectivity index (χ0) is 14.9. The predicted octanol–water partition coefficient (Wildman–Crippen LogP) is 3.39. The van der Waals surface area contributed by atoms with Gasteiger partial charge in [-0.1, -0.05) is 6.92 Å². The van der Waals surface area contributed by atoms with Crippen LogP contribution in [0.1, 0.15) is 30.4 Å². The van der Waals surface area contributed by atoms with Crippen molar-refractivity contribution >= 4 is 21.7 Å². The van der Waals surface area contributed by atoms with Gasteiger partial charge in [0.25, 0.3) is 0 Å². The van der Waals surface area contributed by atoms with Gasteiger partial charge in [-0.25, -0.2) is 9.97 Å². The molecule has 0 radical (unpaired) electrons. The monoisotopic (exact) mass is 337 g/mol. The molecule has 0 bridgehead atoms. The van der Waals surface area contributed by atoms with Gasteiger partial charge in [-0.15, -0.1) is 0 Å². The molecule has 2 aromatic rings. The molecule has 6 heteroatoms. The van der Waals surface area contributed by atoms with Gasteiger partial charge in [0.15, 0.2) is 5.82 Å². The minimum Gasteiger partial charge on any atom is -0.369 e. The van der Waals surface area contributed by atoms with Crippen LogP contribution >= 0.6 is 15.9 Å². The molecule has 0 saturated carbocycles. The standard InChI is InChI=1S/C14H20BrN5/c1-6-7-16-14-12(15)9(3)17-13(18-14)11-8(2)19-20(5)10(11)4/h6-7H2,1-5H3,(H,16,17,18). The fraction of sp³-hybridized carbons (Fsp3) is 0.500. The van der Waals surface area contributed by atoms with Crippen LogP contribution in [0, 0.1) is 20.8 Å². The number of halogens is 1. The number of nitrogens with one attached hydrogen (secondary N) is 1. The van der Waals surface area contributed by atoms with Gasteiger partial charge in [-0.05, 0) is 43.1 Å². The summed E-state index contributed by atoms with van der Waals surface area (Å²) in [4.78, 5) is 9.25. The Balaban J connectivity index is 2.54. The van der Waals surface area contributed by atoms with E-state index in [2.05, 4.69) is 43.2 Å². The summed E-state index contributed by atoms with van der Waals surface area (Å²) < 4.78 is 2.79. The third-order valence-electron chi connectivity index (χ3n) is 3.29. The lowest BCUT2D eigenvalue weighted by Gasteiger charge is -2.11. The Morgan fingerprint density at radius 3 is 2.40 bits per heavy atom. The number of hydrogen-bond donors (Lipinski definition) is 1. The average molecular weight is 338 g/mol. The summed E-state index contributed by atoms with van der Waals surface area (Å²) in [6.45, 7) is 9.02. The summed E-state index contributed by atoms with van der Waals surface area (Å²) in [6, 6.07) is 0. The van der Waals surface area contributed by atoms with E-state index in [1.54, 1.807) is 0 Å². The Morgan fingerprint density at radius 1 is 1.15 bits per heavy atom. The largest absolute Gasteiger partial charge is 0.369 e. The fourth-order valence-electron chi connectivity index (χ4n) is 2.13. The van der Waals surface area contributed by atoms with Crippen LogP contribution < -0.4 is 5.32 Å². The summed E-state index contributed by atoms with van der Waals surface area (Å²) in [7, 11) is 1.94. The second-order valence-corrected chi connectivity index (χ2v) is 5.68. The van der Waals surface area contributed by atoms with Crippen molar-refractivity contribution in [3.63, 3.8) is 0 Å². The topological polar surface area (TPSA) is 55.6 Å². The molecule has 2 heterocycles. The Hall–Kier alpha value is -1.43. The smallest absolute Gasteiger partial charge is 0.165 e. The van der Waals surface area contributed by atoms with E-state index in [9.17, 15) is 0 Å². The van der Waals surface area contributed by atoms with E-state index in [1.165, 1.54) is 0 Å². The first-order chi connectivity index (χ1) is 9.45. The van der Waals surface area contributed by atoms with Crippen LogP contribution in [-0.4, -0.2) is 26.3 Å². The van der Waals surface area contributed by atoms with Gasteiger partial charge in [0.05, 0.1) is 21.4 Å². The van der Waals surface area contributed by atoms with Crippen LogP contribution in [0.5, 0.6) is 0 Å². The van der Waals surface area contributed by atoms with Gasteiger partial charge in [-0.2, -0.15) is 5.10 Å². The van der Waals surface area contributed by atoms with Crippen LogP contribution in [-0.2, 0) is 7.05 Å². The normalized spacial score (nSPS) is 10.9. The lowest BCUT2D eigenvalue weighted by Crippen LogP contribution is -2.06. The van der Waals surface area contributed by atoms with Crippen LogP contribution in [0.3, 0.4) is 0 Å². The molecule has 0 saturated heterocycles. The molecular formula is C14H20BrN5. The summed E-state index contributed by atoms with van der Waals surface area (Å²) in [6.07, 6.45) is 1.05. The van der Waals surface area contributed by atoms with Gasteiger partial charge < -0.3 is 5.32 Å². The SMILES string of the molecule is CCCNc1nc(-c2c(C)nn(C)c2C)nc(C)c1Br. The van der Waals surface area contributed by atoms with E-state index < -0.39 is 0 Å². The van der Waals surface area contributed by atoms with E-state index in [-0.39, 0.29) is 0 Å². The first-order valence-corrected chi connectivity index (χ1v) is 7.53. The molecule has 0 atom stereocenters. The average Bonchev–Trinajstić information content (AvgIpc) is 2.65. The molecule has 0 aliphatic carbocycles.